The minimum absolute atomic E-state index is 0.0291. The van der Waals surface area contributed by atoms with E-state index in [2.05, 4.69) is 47.5 Å². The molecule has 1 saturated carbocycles. The molecule has 1 aliphatic carbocycles. The van der Waals surface area contributed by atoms with Gasteiger partial charge in [0.2, 0.25) is 41.4 Å². The molecule has 2 heterocycles. The smallest absolute Gasteiger partial charge is 0.243 e. The van der Waals surface area contributed by atoms with Crippen molar-refractivity contribution in [2.45, 2.75) is 134 Å². The Balaban J connectivity index is 1.47. The van der Waals surface area contributed by atoms with Crippen molar-refractivity contribution in [2.75, 3.05) is 13.1 Å². The predicted molar refractivity (Wildman–Crippen MR) is 247 cm³/mol. The highest BCUT2D eigenvalue weighted by molar-refractivity contribution is 5.97. The highest BCUT2D eigenvalue weighted by atomic mass is 16.2. The van der Waals surface area contributed by atoms with Gasteiger partial charge in [0.15, 0.2) is 5.96 Å². The minimum atomic E-state index is -1.20. The number of para-hydroxylation sites is 1. The maximum Gasteiger partial charge on any atom is 0.243 e. The van der Waals surface area contributed by atoms with Crippen molar-refractivity contribution in [1.82, 2.24) is 47.5 Å². The van der Waals surface area contributed by atoms with E-state index in [-0.39, 0.29) is 57.1 Å². The summed E-state index contributed by atoms with van der Waals surface area (Å²) in [5.74, 6) is -4.59. The fourth-order valence-electron chi connectivity index (χ4n) is 8.60. The van der Waals surface area contributed by atoms with Gasteiger partial charge in [0.05, 0.1) is 0 Å². The zero-order valence-electron chi connectivity index (χ0n) is 37.7. The first kappa shape index (κ1) is 49.6. The molecule has 12 N–H and O–H groups in total. The van der Waals surface area contributed by atoms with E-state index in [1.54, 1.807) is 20.0 Å². The number of hydrogen-bond acceptors (Lipinski definition) is 8. The van der Waals surface area contributed by atoms with Gasteiger partial charge in [-0.25, -0.2) is 0 Å². The lowest BCUT2D eigenvalue weighted by atomic mass is 9.84. The average Bonchev–Trinajstić information content (AvgIpc) is 3.69. The zero-order valence-corrected chi connectivity index (χ0v) is 37.7. The number of guanidine groups is 1. The van der Waals surface area contributed by atoms with Crippen molar-refractivity contribution >= 4 is 58.2 Å². The van der Waals surface area contributed by atoms with Gasteiger partial charge in [-0.3, -0.25) is 39.0 Å². The molecule has 3 aromatic rings. The van der Waals surface area contributed by atoms with E-state index in [1.165, 1.54) is 6.92 Å². The number of aromatic nitrogens is 1. The number of hydrogen-bond donors (Lipinski definition) is 11. The Bertz CT molecular complexity index is 2120. The molecule has 0 radical (unpaired) electrons. The van der Waals surface area contributed by atoms with Gasteiger partial charge in [0.1, 0.15) is 36.3 Å². The van der Waals surface area contributed by atoms with Gasteiger partial charge in [-0.05, 0) is 61.1 Å². The van der Waals surface area contributed by atoms with E-state index in [1.807, 2.05) is 54.6 Å². The first-order valence-electron chi connectivity index (χ1n) is 22.9. The molecule has 2 aliphatic rings. The van der Waals surface area contributed by atoms with Crippen molar-refractivity contribution in [3.63, 3.8) is 0 Å². The van der Waals surface area contributed by atoms with Gasteiger partial charge in [-0.2, -0.15) is 0 Å². The fourth-order valence-corrected chi connectivity index (χ4v) is 8.60. The van der Waals surface area contributed by atoms with E-state index >= 15 is 0 Å². The summed E-state index contributed by atoms with van der Waals surface area (Å²) in [6.45, 7) is 5.12. The summed E-state index contributed by atoms with van der Waals surface area (Å²) in [4.78, 5) is 101. The van der Waals surface area contributed by atoms with Gasteiger partial charge < -0.3 is 53.3 Å². The molecule has 18 nitrogen and oxygen atoms in total. The molecule has 65 heavy (non-hydrogen) atoms. The first-order chi connectivity index (χ1) is 31.2. The highest BCUT2D eigenvalue weighted by Crippen LogP contribution is 2.28. The summed E-state index contributed by atoms with van der Waals surface area (Å²) < 4.78 is 0. The lowest BCUT2D eigenvalue weighted by molar-refractivity contribution is -0.136. The minimum Gasteiger partial charge on any atom is -0.370 e. The number of nitrogens with two attached hydrogens (primary N) is 1. The van der Waals surface area contributed by atoms with Crippen LogP contribution in [0.4, 0.5) is 0 Å². The van der Waals surface area contributed by atoms with Gasteiger partial charge in [0, 0.05) is 50.0 Å². The molecule has 7 amide bonds. The van der Waals surface area contributed by atoms with Gasteiger partial charge in [-0.1, -0.05) is 94.5 Å². The Morgan fingerprint density at radius 3 is 2.17 bits per heavy atom. The number of nitrogens with one attached hydrogen (secondary N) is 10. The molecular formula is C47H67N11O7. The van der Waals surface area contributed by atoms with Crippen LogP contribution in [0.15, 0.2) is 60.8 Å². The van der Waals surface area contributed by atoms with Gasteiger partial charge >= 0.3 is 0 Å². The number of rotatable bonds is 14. The number of H-pyrrole nitrogens is 1. The number of aromatic amines is 1. The second-order valence-electron chi connectivity index (χ2n) is 17.6. The summed E-state index contributed by atoms with van der Waals surface area (Å²) in [6, 6.07) is 10.0. The van der Waals surface area contributed by atoms with Gasteiger partial charge in [0.25, 0.3) is 0 Å². The summed E-state index contributed by atoms with van der Waals surface area (Å²) in [6.07, 6.45) is 7.78. The van der Waals surface area contributed by atoms with E-state index < -0.39 is 83.5 Å². The molecule has 1 saturated heterocycles. The van der Waals surface area contributed by atoms with Crippen molar-refractivity contribution in [3.8, 4) is 0 Å². The summed E-state index contributed by atoms with van der Waals surface area (Å²) in [7, 11) is 0. The van der Waals surface area contributed by atoms with Crippen LogP contribution in [0.1, 0.15) is 96.1 Å². The molecule has 0 bridgehead atoms. The normalized spacial score (nSPS) is 22.5. The SMILES string of the molecule is CC(=O)N[C@@H](Cc1ccccc1)C(=O)NC1CCCNC(=O)C(CCCNC(=N)N)NC(=O)C(Cc2c[nH]c3ccccc23)NC(=O)[C@@H](CC2CCCCC2)NC(=O)C(C(C)C)NC1=O. The van der Waals surface area contributed by atoms with Crippen molar-refractivity contribution < 1.29 is 33.6 Å². The Kier molecular flexibility index (Phi) is 18.7. The first-order valence-corrected chi connectivity index (χ1v) is 22.9. The number of carbonyl (C=O) groups excluding carboxylic acids is 7. The van der Waals surface area contributed by atoms with E-state index in [4.69, 9.17) is 11.1 Å². The highest BCUT2D eigenvalue weighted by Gasteiger charge is 2.36. The third-order valence-corrected chi connectivity index (χ3v) is 12.1. The van der Waals surface area contributed by atoms with Crippen LogP contribution < -0.4 is 48.3 Å². The van der Waals surface area contributed by atoms with Crippen LogP contribution in [-0.2, 0) is 46.4 Å². The maximum atomic E-state index is 14.6. The lowest BCUT2D eigenvalue weighted by Crippen LogP contribution is -2.61. The number of fused-ring (bicyclic) bond motifs is 1. The Morgan fingerprint density at radius 2 is 1.46 bits per heavy atom. The third kappa shape index (κ3) is 15.3. The van der Waals surface area contributed by atoms with E-state index in [0.717, 1.165) is 54.1 Å². The van der Waals surface area contributed by atoms with E-state index in [0.29, 0.717) is 12.8 Å². The summed E-state index contributed by atoms with van der Waals surface area (Å²) >= 11 is 0. The molecule has 1 aliphatic heterocycles. The largest absolute Gasteiger partial charge is 0.370 e. The van der Waals surface area contributed by atoms with Crippen LogP contribution in [0.5, 0.6) is 0 Å². The molecule has 0 spiro atoms. The molecule has 352 valence electrons. The number of benzene rings is 2. The Hall–Kier alpha value is -6.46. The molecular weight excluding hydrogens is 831 g/mol. The second kappa shape index (κ2) is 24.6. The summed E-state index contributed by atoms with van der Waals surface area (Å²) in [5, 5.41) is 31.0. The number of carbonyl (C=O) groups is 7. The fraction of sp³-hybridized carbons (Fsp3) is 0.532. The van der Waals surface area contributed by atoms with E-state index in [9.17, 15) is 33.6 Å². The average molecular weight is 898 g/mol. The van der Waals surface area contributed by atoms with Crippen molar-refractivity contribution in [1.29, 1.82) is 5.41 Å². The Morgan fingerprint density at radius 1 is 0.785 bits per heavy atom. The third-order valence-electron chi connectivity index (χ3n) is 12.1. The maximum absolute atomic E-state index is 14.6. The zero-order chi connectivity index (χ0) is 46.9. The van der Waals surface area contributed by atoms with Crippen LogP contribution in [0.25, 0.3) is 10.9 Å². The van der Waals surface area contributed by atoms with Crippen LogP contribution in [-0.4, -0.2) is 102 Å². The van der Waals surface area contributed by atoms with Crippen LogP contribution in [0.2, 0.25) is 0 Å². The quantitative estimate of drug-likeness (QED) is 0.0637. The topological polar surface area (TPSA) is 281 Å². The molecule has 2 aromatic carbocycles. The Labute approximate surface area is 380 Å². The standard InChI is InChI=1S/C47H67N11O7/c1-28(2)40-46(65)57-38(25-31-16-8-5-9-17-31)44(63)56-39(26-32-27-52-34-19-11-10-18-33(32)34)45(64)54-35(20-13-23-51-47(48)49)41(60)50-22-12-21-36(42(61)58-40)55-43(62)37(53-29(3)59)24-30-14-6-4-7-15-30/h4,6-7,10-11,14-15,18-19,27-28,31,35-40,52H,5,8-9,12-13,16-17,20-26H2,1-3H3,(H,50,60)(H,53,59)(H,54,64)(H,55,62)(H,56,63)(H,57,65)(H,58,61)(H4,48,49,51)/t35?,36?,37-,38+,39?,40?/m0/s1. The van der Waals surface area contributed by atoms with Crippen LogP contribution >= 0.6 is 0 Å². The van der Waals surface area contributed by atoms with Crippen molar-refractivity contribution in [2.24, 2.45) is 17.6 Å². The number of amides is 7. The summed E-state index contributed by atoms with van der Waals surface area (Å²) in [5.41, 5.74) is 7.87. The predicted octanol–water partition coefficient (Wildman–Crippen LogP) is 1.68. The monoisotopic (exact) mass is 898 g/mol. The molecule has 4 unspecified atom stereocenters. The van der Waals surface area contributed by atoms with Gasteiger partial charge in [-0.15, -0.1) is 0 Å². The van der Waals surface area contributed by atoms with Crippen molar-refractivity contribution in [3.05, 3.63) is 71.9 Å². The van der Waals surface area contributed by atoms with Crippen LogP contribution in [0, 0.1) is 17.2 Å². The molecule has 5 rings (SSSR count). The molecule has 18 heteroatoms. The molecule has 1 aromatic heterocycles. The molecule has 2 fully saturated rings. The van der Waals surface area contributed by atoms with Crippen LogP contribution in [0.3, 0.4) is 0 Å². The second-order valence-corrected chi connectivity index (χ2v) is 17.6. The molecule has 6 atom stereocenters. The lowest BCUT2D eigenvalue weighted by Gasteiger charge is -2.31.